The minimum atomic E-state index is 0.150. The van der Waals surface area contributed by atoms with Crippen molar-refractivity contribution in [2.45, 2.75) is 46.5 Å². The van der Waals surface area contributed by atoms with E-state index in [1.165, 1.54) is 96.4 Å². The predicted octanol–water partition coefficient (Wildman–Crippen LogP) is 8.78. The number of fused-ring (bicyclic) bond motifs is 6. The van der Waals surface area contributed by atoms with Crippen LogP contribution in [0.2, 0.25) is 0 Å². The number of aromatic nitrogens is 2. The molecule has 2 aliphatic heterocycles. The predicted molar refractivity (Wildman–Crippen MR) is 202 cm³/mol. The van der Waals surface area contributed by atoms with Crippen LogP contribution in [0.3, 0.4) is 0 Å². The summed E-state index contributed by atoms with van der Waals surface area (Å²) in [4.78, 5) is 8.07. The third-order valence-corrected chi connectivity index (χ3v) is 11.1. The molecule has 48 heavy (non-hydrogen) atoms. The lowest BCUT2D eigenvalue weighted by Gasteiger charge is -2.41. The van der Waals surface area contributed by atoms with E-state index in [0.717, 1.165) is 24.2 Å². The van der Waals surface area contributed by atoms with Crippen molar-refractivity contribution in [1.29, 1.82) is 0 Å². The highest BCUT2D eigenvalue weighted by atomic mass is 15.2. The van der Waals surface area contributed by atoms with Crippen LogP contribution >= 0.6 is 0 Å². The van der Waals surface area contributed by atoms with Crippen LogP contribution < -0.4 is 21.3 Å². The highest BCUT2D eigenvalue weighted by Crippen LogP contribution is 2.43. The number of hydrogen-bond acceptors (Lipinski definition) is 2. The Balaban J connectivity index is 1.30. The molecule has 0 spiro atoms. The Labute approximate surface area is 282 Å². The van der Waals surface area contributed by atoms with Crippen LogP contribution in [0.25, 0.3) is 39.2 Å². The molecule has 0 saturated carbocycles. The summed E-state index contributed by atoms with van der Waals surface area (Å²) in [6.45, 7) is 6.86. The fraction of sp³-hybridized carbons (Fsp3) is 0.159. The van der Waals surface area contributed by atoms with Gasteiger partial charge in [0.15, 0.2) is 0 Å². The molecular formula is C44H36BN3. The SMILES string of the molecule is Cc1cc2c3c(c1)-n1c(-c4c(C)cccc4C)nc4cc5c(c(c41)B3c1ccccc1N2c1ccc(-c2ccccc2)cc1)CCCC5. The third kappa shape index (κ3) is 3.86. The fourth-order valence-electron chi connectivity index (χ4n) is 9.04. The number of hydrogen-bond donors (Lipinski definition) is 0. The van der Waals surface area contributed by atoms with Gasteiger partial charge in [-0.25, -0.2) is 4.98 Å². The summed E-state index contributed by atoms with van der Waals surface area (Å²) < 4.78 is 2.54. The van der Waals surface area contributed by atoms with Crippen LogP contribution in [-0.2, 0) is 12.8 Å². The highest BCUT2D eigenvalue weighted by molar-refractivity contribution is 7.00. The van der Waals surface area contributed by atoms with Crippen molar-refractivity contribution in [3.63, 3.8) is 0 Å². The summed E-state index contributed by atoms with van der Waals surface area (Å²) in [5, 5.41) is 0. The lowest BCUT2D eigenvalue weighted by atomic mass is 9.33. The van der Waals surface area contributed by atoms with Crippen molar-refractivity contribution >= 4 is 51.2 Å². The van der Waals surface area contributed by atoms with E-state index >= 15 is 0 Å². The zero-order valence-electron chi connectivity index (χ0n) is 27.7. The van der Waals surface area contributed by atoms with Crippen LogP contribution in [0.15, 0.2) is 115 Å². The van der Waals surface area contributed by atoms with Gasteiger partial charge in [0.2, 0.25) is 0 Å². The monoisotopic (exact) mass is 617 g/mol. The minimum Gasteiger partial charge on any atom is -0.311 e. The van der Waals surface area contributed by atoms with Crippen LogP contribution in [-0.4, -0.2) is 16.3 Å². The molecule has 1 aliphatic carbocycles. The van der Waals surface area contributed by atoms with Crippen molar-refractivity contribution < 1.29 is 0 Å². The van der Waals surface area contributed by atoms with Crippen LogP contribution in [0.5, 0.6) is 0 Å². The van der Waals surface area contributed by atoms with Crippen LogP contribution in [0, 0.1) is 20.8 Å². The molecule has 4 heteroatoms. The normalized spacial score (nSPS) is 14.1. The molecule has 0 amide bonds. The molecule has 0 fully saturated rings. The van der Waals surface area contributed by atoms with Gasteiger partial charge in [0, 0.05) is 28.3 Å². The summed E-state index contributed by atoms with van der Waals surface area (Å²) in [7, 11) is 0. The molecule has 230 valence electrons. The maximum Gasteiger partial charge on any atom is 0.252 e. The second-order valence-electron chi connectivity index (χ2n) is 14.0. The number of aryl methyl sites for hydroxylation is 4. The minimum absolute atomic E-state index is 0.150. The first-order valence-electron chi connectivity index (χ1n) is 17.4. The molecule has 0 saturated heterocycles. The largest absolute Gasteiger partial charge is 0.311 e. The molecule has 3 heterocycles. The average molecular weight is 618 g/mol. The van der Waals surface area contributed by atoms with Gasteiger partial charge in [-0.05, 0) is 138 Å². The van der Waals surface area contributed by atoms with E-state index in [9.17, 15) is 0 Å². The van der Waals surface area contributed by atoms with Gasteiger partial charge in [-0.3, -0.25) is 4.57 Å². The first-order chi connectivity index (χ1) is 23.6. The average Bonchev–Trinajstić information content (AvgIpc) is 3.48. The zero-order valence-corrected chi connectivity index (χ0v) is 27.7. The highest BCUT2D eigenvalue weighted by Gasteiger charge is 2.44. The second-order valence-corrected chi connectivity index (χ2v) is 14.0. The number of anilines is 3. The van der Waals surface area contributed by atoms with Gasteiger partial charge < -0.3 is 4.90 Å². The van der Waals surface area contributed by atoms with Gasteiger partial charge >= 0.3 is 0 Å². The zero-order chi connectivity index (χ0) is 32.1. The Morgan fingerprint density at radius 3 is 2.15 bits per heavy atom. The van der Waals surface area contributed by atoms with Crippen molar-refractivity contribution in [2.24, 2.45) is 0 Å². The van der Waals surface area contributed by atoms with Crippen molar-refractivity contribution in [1.82, 2.24) is 9.55 Å². The first-order valence-corrected chi connectivity index (χ1v) is 17.4. The summed E-state index contributed by atoms with van der Waals surface area (Å²) >= 11 is 0. The Kier molecular flexibility index (Phi) is 5.97. The van der Waals surface area contributed by atoms with Gasteiger partial charge in [0.25, 0.3) is 6.71 Å². The van der Waals surface area contributed by atoms with Crippen LogP contribution in [0.1, 0.15) is 40.7 Å². The summed E-state index contributed by atoms with van der Waals surface area (Å²) in [6, 6.07) is 42.8. The molecule has 0 bridgehead atoms. The number of imidazole rings is 1. The van der Waals surface area contributed by atoms with Gasteiger partial charge in [0.1, 0.15) is 5.82 Å². The third-order valence-electron chi connectivity index (χ3n) is 11.1. The molecule has 0 unspecified atom stereocenters. The van der Waals surface area contributed by atoms with Gasteiger partial charge in [-0.1, -0.05) is 78.9 Å². The lowest BCUT2D eigenvalue weighted by Crippen LogP contribution is -2.61. The van der Waals surface area contributed by atoms with Crippen LogP contribution in [0.4, 0.5) is 17.1 Å². The molecule has 10 rings (SSSR count). The molecule has 6 aromatic carbocycles. The number of para-hydroxylation sites is 1. The standard InChI is InChI=1S/C44H36BN3/c1-27-24-38-42-39(25-27)48-43-36(46-44(48)40-28(2)12-11-13-29(40)3)26-32-16-7-8-17-34(32)41(43)45(42)35-18-9-10-19-37(35)47(38)33-22-20-31(21-23-33)30-14-5-4-6-15-30/h4-6,9-15,18-26H,7-8,16-17H2,1-3H3. The molecule has 3 nitrogen and oxygen atoms in total. The Hall–Kier alpha value is -5.35. The van der Waals surface area contributed by atoms with E-state index in [2.05, 4.69) is 145 Å². The maximum atomic E-state index is 5.55. The lowest BCUT2D eigenvalue weighted by molar-refractivity contribution is 0.689. The summed E-state index contributed by atoms with van der Waals surface area (Å²) in [6.07, 6.45) is 4.75. The second kappa shape index (κ2) is 10.3. The van der Waals surface area contributed by atoms with Gasteiger partial charge in [0.05, 0.1) is 11.0 Å². The van der Waals surface area contributed by atoms with Gasteiger partial charge in [-0.2, -0.15) is 0 Å². The molecular weight excluding hydrogens is 581 g/mol. The summed E-state index contributed by atoms with van der Waals surface area (Å²) in [5.41, 5.74) is 22.2. The van der Waals surface area contributed by atoms with E-state index in [0.29, 0.717) is 0 Å². The van der Waals surface area contributed by atoms with Gasteiger partial charge in [-0.15, -0.1) is 0 Å². The quantitative estimate of drug-likeness (QED) is 0.185. The van der Waals surface area contributed by atoms with E-state index in [1.54, 1.807) is 5.56 Å². The summed E-state index contributed by atoms with van der Waals surface area (Å²) in [5.74, 6) is 1.06. The topological polar surface area (TPSA) is 21.1 Å². The van der Waals surface area contributed by atoms with Crippen molar-refractivity contribution in [3.05, 3.63) is 143 Å². The van der Waals surface area contributed by atoms with Crippen molar-refractivity contribution in [3.8, 4) is 28.2 Å². The van der Waals surface area contributed by atoms with E-state index in [-0.39, 0.29) is 6.71 Å². The van der Waals surface area contributed by atoms with Crippen molar-refractivity contribution in [2.75, 3.05) is 4.90 Å². The molecule has 7 aromatic rings. The molecule has 0 N–H and O–H groups in total. The number of benzene rings is 6. The smallest absolute Gasteiger partial charge is 0.252 e. The number of rotatable bonds is 3. The Morgan fingerprint density at radius 2 is 1.33 bits per heavy atom. The number of nitrogens with zero attached hydrogens (tertiary/aromatic N) is 3. The molecule has 1 aromatic heterocycles. The maximum absolute atomic E-state index is 5.55. The molecule has 0 radical (unpaired) electrons. The molecule has 3 aliphatic rings. The fourth-order valence-corrected chi connectivity index (χ4v) is 9.04. The van der Waals surface area contributed by atoms with E-state index in [1.807, 2.05) is 0 Å². The Morgan fingerprint density at radius 1 is 0.625 bits per heavy atom. The van der Waals surface area contributed by atoms with E-state index in [4.69, 9.17) is 4.98 Å². The Bertz CT molecular complexity index is 2420. The molecule has 0 atom stereocenters. The first kappa shape index (κ1) is 27.7. The van der Waals surface area contributed by atoms with E-state index < -0.39 is 0 Å².